The molecule has 13 heteroatoms. The molecule has 1 saturated heterocycles. The molecule has 66 heavy (non-hydrogen) atoms. The van der Waals surface area contributed by atoms with Gasteiger partial charge < -0.3 is 29.9 Å². The van der Waals surface area contributed by atoms with Crippen LogP contribution in [0.4, 0.5) is 0 Å². The summed E-state index contributed by atoms with van der Waals surface area (Å²) >= 11 is 1.51. The van der Waals surface area contributed by atoms with Crippen LogP contribution in [0.2, 0.25) is 0 Å². The Labute approximate surface area is 401 Å². The van der Waals surface area contributed by atoms with Crippen LogP contribution in [0.15, 0.2) is 66.2 Å². The summed E-state index contributed by atoms with van der Waals surface area (Å²) in [6.45, 7) is 19.7. The summed E-state index contributed by atoms with van der Waals surface area (Å²) in [7, 11) is 6.95. The number of likely N-dealkylation sites (tertiary alicyclic amines) is 1. The first-order valence-electron chi connectivity index (χ1n) is 24.4. The molecule has 9 atom stereocenters. The van der Waals surface area contributed by atoms with Crippen LogP contribution in [0.25, 0.3) is 0 Å². The molecule has 1 aromatic heterocycles. The van der Waals surface area contributed by atoms with E-state index >= 15 is 0 Å². The number of rotatable bonds is 26. The molecule has 2 heterocycles. The first-order chi connectivity index (χ1) is 31.4. The summed E-state index contributed by atoms with van der Waals surface area (Å²) in [5, 5.41) is 9.17. The van der Waals surface area contributed by atoms with Crippen LogP contribution in [-0.2, 0) is 47.9 Å². The van der Waals surface area contributed by atoms with Gasteiger partial charge in [-0.15, -0.1) is 11.3 Å². The highest BCUT2D eigenvalue weighted by Gasteiger charge is 2.43. The molecule has 0 aliphatic carbocycles. The average Bonchev–Trinajstić information content (AvgIpc) is 4.01. The van der Waals surface area contributed by atoms with Gasteiger partial charge in [0.25, 0.3) is 0 Å². The highest BCUT2D eigenvalue weighted by molar-refractivity contribution is 7.09. The van der Waals surface area contributed by atoms with E-state index in [-0.39, 0.29) is 59.9 Å². The summed E-state index contributed by atoms with van der Waals surface area (Å²) in [4.78, 5) is 67.6. The molecule has 3 aromatic rings. The fourth-order valence-electron chi connectivity index (χ4n) is 9.81. The number of ether oxygens (including phenoxy) is 2. The van der Waals surface area contributed by atoms with Crippen molar-refractivity contribution in [3.05, 3.63) is 87.9 Å². The number of nitrogens with zero attached hydrogens (tertiary/aromatic N) is 4. The largest absolute Gasteiger partial charge is 0.379 e. The summed E-state index contributed by atoms with van der Waals surface area (Å²) < 4.78 is 12.2. The lowest BCUT2D eigenvalue weighted by atomic mass is 9.89. The molecule has 0 saturated carbocycles. The van der Waals surface area contributed by atoms with Crippen LogP contribution in [0.1, 0.15) is 116 Å². The second-order valence-electron chi connectivity index (χ2n) is 19.8. The first-order valence-corrected chi connectivity index (χ1v) is 25.2. The zero-order chi connectivity index (χ0) is 48.7. The number of benzene rings is 2. The Kier molecular flexibility index (Phi) is 21.8. The molecule has 0 radical (unpaired) electrons. The maximum absolute atomic E-state index is 14.7. The van der Waals surface area contributed by atoms with Crippen LogP contribution >= 0.6 is 11.3 Å². The smallest absolute Gasteiger partial charge is 0.245 e. The van der Waals surface area contributed by atoms with E-state index < -0.39 is 36.3 Å². The van der Waals surface area contributed by atoms with Crippen molar-refractivity contribution in [1.29, 1.82) is 0 Å². The second-order valence-corrected chi connectivity index (χ2v) is 20.7. The highest BCUT2D eigenvalue weighted by Crippen LogP contribution is 2.31. The Hall–Kier alpha value is -4.17. The van der Waals surface area contributed by atoms with E-state index in [9.17, 15) is 19.2 Å². The quantitative estimate of drug-likeness (QED) is 0.0828. The van der Waals surface area contributed by atoms with Gasteiger partial charge in [0.15, 0.2) is 0 Å². The molecule has 2 aromatic carbocycles. The third-order valence-corrected chi connectivity index (χ3v) is 14.5. The Morgan fingerprint density at radius 3 is 2.05 bits per heavy atom. The molecule has 0 spiro atoms. The minimum Gasteiger partial charge on any atom is -0.379 e. The SMILES string of the molecule is CC[C@H](C)[C@@H]([C@@H](CC(=O)N1CCC[C@H]1[C@H](OC)[C@@H](C)C(=O)N[C@@H](Cc1ccccc1)c1nccs1)OC)N(C)C(=O)[C@@H](NC(=O)[C@H](C(C)C)N(C)CCc1ccc(CC(C)C)cc1)C(C)C. The van der Waals surface area contributed by atoms with E-state index in [1.54, 1.807) is 32.4 Å². The van der Waals surface area contributed by atoms with Crippen LogP contribution in [-0.4, -0.2) is 121 Å². The average molecular weight is 931 g/mol. The molecular weight excluding hydrogens is 849 g/mol. The van der Waals surface area contributed by atoms with E-state index in [1.165, 1.54) is 22.5 Å². The van der Waals surface area contributed by atoms with Gasteiger partial charge in [-0.3, -0.25) is 24.1 Å². The standard InChI is InChI=1S/C53H82N6O6S/c1-14-37(8)48(58(11)53(63)46(35(4)5)56-51(62)47(36(6)7)57(10)29-26-39-22-24-41(25-23-39)31-34(2)3)44(64-12)33-45(60)59-28-18-21-43(59)49(65-13)38(9)50(61)55-42(52-54-27-30-66-52)32-40-19-16-15-17-20-40/h15-17,19-20,22-25,27,30,34-38,42-44,46-49H,14,18,21,26,28-29,31-33H2,1-13H3,(H,55,61)(H,56,62)/t37-,38+,42-,43-,44+,46-,47-,48-,49+/m0/s1. The maximum Gasteiger partial charge on any atom is 0.245 e. The number of carbonyl (C=O) groups excluding carboxylic acids is 4. The van der Waals surface area contributed by atoms with Crippen LogP contribution in [0.3, 0.4) is 0 Å². The molecule has 0 bridgehead atoms. The number of thiazole rings is 1. The summed E-state index contributed by atoms with van der Waals surface area (Å²) in [6, 6.07) is 16.5. The maximum atomic E-state index is 14.7. The molecular formula is C53H82N6O6S. The third kappa shape index (κ3) is 14.9. The van der Waals surface area contributed by atoms with Gasteiger partial charge >= 0.3 is 0 Å². The fraction of sp³-hybridized carbons (Fsp3) is 0.642. The lowest BCUT2D eigenvalue weighted by molar-refractivity contribution is -0.148. The summed E-state index contributed by atoms with van der Waals surface area (Å²) in [5.74, 6) is -0.849. The van der Waals surface area contributed by atoms with Gasteiger partial charge in [-0.25, -0.2) is 4.98 Å². The number of nitrogens with one attached hydrogen (secondary N) is 2. The number of hydrogen-bond acceptors (Lipinski definition) is 9. The number of methoxy groups -OCH3 is 2. The fourth-order valence-corrected chi connectivity index (χ4v) is 10.5. The number of amides is 4. The topological polar surface area (TPSA) is 133 Å². The Balaban J connectivity index is 1.45. The van der Waals surface area contributed by atoms with Gasteiger partial charge in [0.2, 0.25) is 23.6 Å². The van der Waals surface area contributed by atoms with Crippen LogP contribution in [0, 0.1) is 29.6 Å². The van der Waals surface area contributed by atoms with E-state index in [0.29, 0.717) is 31.8 Å². The molecule has 4 rings (SSSR count). The van der Waals surface area contributed by atoms with Gasteiger partial charge in [0.05, 0.1) is 48.7 Å². The van der Waals surface area contributed by atoms with E-state index in [1.807, 2.05) is 82.3 Å². The highest BCUT2D eigenvalue weighted by atomic mass is 32.1. The summed E-state index contributed by atoms with van der Waals surface area (Å²) in [5.41, 5.74) is 3.65. The first kappa shape index (κ1) is 54.4. The number of hydrogen-bond donors (Lipinski definition) is 2. The van der Waals surface area contributed by atoms with Crippen molar-refractivity contribution >= 4 is 35.0 Å². The molecule has 0 unspecified atom stereocenters. The van der Waals surface area contributed by atoms with E-state index in [4.69, 9.17) is 9.47 Å². The van der Waals surface area contributed by atoms with Crippen molar-refractivity contribution in [3.8, 4) is 0 Å². The van der Waals surface area contributed by atoms with Gasteiger partial charge in [-0.2, -0.15) is 0 Å². The number of aromatic nitrogens is 1. The van der Waals surface area contributed by atoms with Crippen molar-refractivity contribution in [1.82, 2.24) is 30.3 Å². The minimum absolute atomic E-state index is 0.00498. The predicted octanol–water partition coefficient (Wildman–Crippen LogP) is 8.00. The van der Waals surface area contributed by atoms with Gasteiger partial charge in [-0.1, -0.05) is 123 Å². The Bertz CT molecular complexity index is 1930. The van der Waals surface area contributed by atoms with Gasteiger partial charge in [0, 0.05) is 45.9 Å². The Morgan fingerprint density at radius 1 is 0.833 bits per heavy atom. The van der Waals surface area contributed by atoms with Crippen molar-refractivity contribution in [2.45, 2.75) is 150 Å². The van der Waals surface area contributed by atoms with Crippen LogP contribution < -0.4 is 10.6 Å². The van der Waals surface area contributed by atoms with Crippen molar-refractivity contribution in [2.24, 2.45) is 29.6 Å². The van der Waals surface area contributed by atoms with Crippen molar-refractivity contribution < 1.29 is 28.7 Å². The number of likely N-dealkylation sites (N-methyl/N-ethyl adjacent to an activating group) is 2. The zero-order valence-electron chi connectivity index (χ0n) is 42.3. The monoisotopic (exact) mass is 931 g/mol. The van der Waals surface area contributed by atoms with Crippen molar-refractivity contribution in [3.63, 3.8) is 0 Å². The lowest BCUT2D eigenvalue weighted by Gasteiger charge is -2.41. The van der Waals surface area contributed by atoms with Gasteiger partial charge in [0.1, 0.15) is 11.0 Å². The molecule has 1 aliphatic rings. The molecule has 366 valence electrons. The molecule has 1 aliphatic heterocycles. The minimum atomic E-state index is -0.786. The lowest BCUT2D eigenvalue weighted by Crippen LogP contribution is -2.60. The van der Waals surface area contributed by atoms with Gasteiger partial charge in [-0.05, 0) is 79.5 Å². The molecule has 4 amide bonds. The third-order valence-electron chi connectivity index (χ3n) is 13.6. The Morgan fingerprint density at radius 2 is 1.48 bits per heavy atom. The summed E-state index contributed by atoms with van der Waals surface area (Å²) in [6.07, 6.45) is 5.28. The number of carbonyl (C=O) groups is 4. The zero-order valence-corrected chi connectivity index (χ0v) is 43.1. The predicted molar refractivity (Wildman–Crippen MR) is 266 cm³/mol. The van der Waals surface area contributed by atoms with E-state index in [2.05, 4.69) is 72.5 Å². The van der Waals surface area contributed by atoms with E-state index in [0.717, 1.165) is 36.3 Å². The molecule has 12 nitrogen and oxygen atoms in total. The molecule has 1 fully saturated rings. The molecule has 2 N–H and O–H groups in total. The van der Waals surface area contributed by atoms with Crippen molar-refractivity contribution in [2.75, 3.05) is 41.4 Å². The van der Waals surface area contributed by atoms with Crippen LogP contribution in [0.5, 0.6) is 0 Å². The normalized spacial score (nSPS) is 17.9. The second kappa shape index (κ2) is 26.4.